The molecule has 0 spiro atoms. The Hall–Kier alpha value is -1.64. The number of aryl methyl sites for hydroxylation is 4. The van der Waals surface area contributed by atoms with Gasteiger partial charge >= 0.3 is 0 Å². The van der Waals surface area contributed by atoms with Gasteiger partial charge in [0.05, 0.1) is 0 Å². The van der Waals surface area contributed by atoms with Gasteiger partial charge in [0.25, 0.3) is 0 Å². The van der Waals surface area contributed by atoms with Crippen LogP contribution in [0.3, 0.4) is 0 Å². The average Bonchev–Trinajstić information content (AvgIpc) is 3.32. The zero-order valence-electron chi connectivity index (χ0n) is 16.8. The Morgan fingerprint density at radius 1 is 0.741 bits per heavy atom. The van der Waals surface area contributed by atoms with Crippen molar-refractivity contribution in [1.82, 2.24) is 0 Å². The summed E-state index contributed by atoms with van der Waals surface area (Å²) in [6.45, 7) is 11.4. The van der Waals surface area contributed by atoms with Crippen LogP contribution in [-0.2, 0) is 0 Å². The summed E-state index contributed by atoms with van der Waals surface area (Å²) in [4.78, 5) is 6.14. The third-order valence-electron chi connectivity index (χ3n) is 6.43. The molecule has 1 aromatic carbocycles. The lowest BCUT2D eigenvalue weighted by Gasteiger charge is -2.20. The smallest absolute Gasteiger partial charge is 0.0291 e. The second-order valence-electron chi connectivity index (χ2n) is 8.37. The highest BCUT2D eigenvalue weighted by Crippen LogP contribution is 2.55. The number of rotatable bonds is 3. The summed E-state index contributed by atoms with van der Waals surface area (Å²) in [5.41, 5.74) is 10.6. The van der Waals surface area contributed by atoms with E-state index in [1.807, 2.05) is 22.7 Å². The van der Waals surface area contributed by atoms with E-state index in [0.29, 0.717) is 11.8 Å². The molecule has 2 aliphatic rings. The van der Waals surface area contributed by atoms with Crippen LogP contribution in [0.5, 0.6) is 0 Å². The highest BCUT2D eigenvalue weighted by Gasteiger charge is 2.34. The molecule has 1 unspecified atom stereocenters. The summed E-state index contributed by atoms with van der Waals surface area (Å²) in [7, 11) is 0. The summed E-state index contributed by atoms with van der Waals surface area (Å²) >= 11 is 4.04. The van der Waals surface area contributed by atoms with E-state index < -0.39 is 0 Å². The Morgan fingerprint density at radius 2 is 1.30 bits per heavy atom. The molecule has 2 aliphatic carbocycles. The Bertz CT molecular complexity index is 1040. The molecule has 5 rings (SSSR count). The molecule has 0 saturated carbocycles. The molecule has 0 bridgehead atoms. The minimum absolute atomic E-state index is 0.592. The van der Waals surface area contributed by atoms with Gasteiger partial charge in [-0.3, -0.25) is 0 Å². The monoisotopic (exact) mass is 390 g/mol. The van der Waals surface area contributed by atoms with Gasteiger partial charge in [-0.1, -0.05) is 23.8 Å². The van der Waals surface area contributed by atoms with Crippen molar-refractivity contribution in [2.75, 3.05) is 0 Å². The van der Waals surface area contributed by atoms with Crippen molar-refractivity contribution in [2.24, 2.45) is 0 Å². The maximum Gasteiger partial charge on any atom is 0.0291 e. The summed E-state index contributed by atoms with van der Waals surface area (Å²) < 4.78 is 0. The van der Waals surface area contributed by atoms with Crippen LogP contribution in [0.2, 0.25) is 0 Å². The Labute approximate surface area is 170 Å². The van der Waals surface area contributed by atoms with E-state index in [0.717, 1.165) is 0 Å². The van der Waals surface area contributed by atoms with E-state index >= 15 is 0 Å². The normalized spacial score (nSPS) is 17.8. The molecule has 138 valence electrons. The van der Waals surface area contributed by atoms with Crippen molar-refractivity contribution >= 4 is 28.7 Å². The number of hydrogen-bond donors (Lipinski definition) is 0. The summed E-state index contributed by atoms with van der Waals surface area (Å²) in [5.74, 6) is 1.20. The van der Waals surface area contributed by atoms with Gasteiger partial charge in [0.1, 0.15) is 0 Å². The standard InChI is InChI=1S/C25H26S2/c1-13-6-7-14(2)23-18(15(3)10-20(13)23)8-9-19-24-21(11-16(4)26-24)22-12-17(5)27-25(19)22/h6-7,10-12,18-19H,8-9H2,1-5H3. The molecule has 0 N–H and O–H groups in total. The van der Waals surface area contributed by atoms with Crippen molar-refractivity contribution in [2.45, 2.75) is 59.3 Å². The number of benzene rings is 1. The molecular formula is C25H26S2. The van der Waals surface area contributed by atoms with Crippen molar-refractivity contribution in [3.05, 3.63) is 71.6 Å². The zero-order chi connectivity index (χ0) is 18.9. The van der Waals surface area contributed by atoms with Gasteiger partial charge in [0, 0.05) is 31.3 Å². The van der Waals surface area contributed by atoms with Gasteiger partial charge < -0.3 is 0 Å². The van der Waals surface area contributed by atoms with Crippen LogP contribution in [0.15, 0.2) is 29.8 Å². The highest BCUT2D eigenvalue weighted by molar-refractivity contribution is 7.15. The second-order valence-corrected chi connectivity index (χ2v) is 10.9. The van der Waals surface area contributed by atoms with Gasteiger partial charge in [0.2, 0.25) is 0 Å². The first-order valence-electron chi connectivity index (χ1n) is 9.93. The fourth-order valence-electron chi connectivity index (χ4n) is 5.15. The Balaban J connectivity index is 1.48. The summed E-state index contributed by atoms with van der Waals surface area (Å²) in [5, 5.41) is 0. The third-order valence-corrected chi connectivity index (χ3v) is 8.76. The van der Waals surface area contributed by atoms with E-state index in [4.69, 9.17) is 0 Å². The SMILES string of the molecule is CC1=Cc2c(C)ccc(C)c2C1CCC1c2sc(C)cc2-c2cc(C)sc21. The molecule has 0 nitrogen and oxygen atoms in total. The van der Waals surface area contributed by atoms with E-state index in [2.05, 4.69) is 65.0 Å². The van der Waals surface area contributed by atoms with Gasteiger partial charge in [0.15, 0.2) is 0 Å². The van der Waals surface area contributed by atoms with Crippen molar-refractivity contribution in [1.29, 1.82) is 0 Å². The van der Waals surface area contributed by atoms with Crippen molar-refractivity contribution in [3.63, 3.8) is 0 Å². The molecule has 0 amide bonds. The Kier molecular flexibility index (Phi) is 4.00. The average molecular weight is 391 g/mol. The van der Waals surface area contributed by atoms with E-state index in [-0.39, 0.29) is 0 Å². The van der Waals surface area contributed by atoms with Crippen LogP contribution in [-0.4, -0.2) is 0 Å². The van der Waals surface area contributed by atoms with Gasteiger partial charge in [-0.15, -0.1) is 22.7 Å². The van der Waals surface area contributed by atoms with Crippen LogP contribution in [0, 0.1) is 27.7 Å². The quantitative estimate of drug-likeness (QED) is 0.423. The molecule has 3 aromatic rings. The first kappa shape index (κ1) is 17.5. The van der Waals surface area contributed by atoms with Crippen LogP contribution in [0.4, 0.5) is 0 Å². The minimum atomic E-state index is 0.592. The van der Waals surface area contributed by atoms with Crippen LogP contribution in [0.1, 0.15) is 73.4 Å². The molecule has 27 heavy (non-hydrogen) atoms. The summed E-state index contributed by atoms with van der Waals surface area (Å²) in [6.07, 6.45) is 4.94. The van der Waals surface area contributed by atoms with E-state index in [1.165, 1.54) is 50.4 Å². The molecule has 0 fully saturated rings. The number of thiophene rings is 2. The second kappa shape index (κ2) is 6.18. The molecule has 2 heterocycles. The van der Waals surface area contributed by atoms with E-state index in [9.17, 15) is 0 Å². The van der Waals surface area contributed by atoms with Gasteiger partial charge in [-0.25, -0.2) is 0 Å². The van der Waals surface area contributed by atoms with E-state index in [1.54, 1.807) is 20.9 Å². The topological polar surface area (TPSA) is 0 Å². The first-order chi connectivity index (χ1) is 12.9. The summed E-state index contributed by atoms with van der Waals surface area (Å²) in [6, 6.07) is 9.41. The molecule has 0 aliphatic heterocycles. The number of hydrogen-bond acceptors (Lipinski definition) is 2. The van der Waals surface area contributed by atoms with Crippen LogP contribution in [0.25, 0.3) is 17.2 Å². The lowest BCUT2D eigenvalue weighted by Crippen LogP contribution is -2.04. The molecule has 0 radical (unpaired) electrons. The zero-order valence-corrected chi connectivity index (χ0v) is 18.4. The molecule has 1 atom stereocenters. The third kappa shape index (κ3) is 2.61. The molecule has 2 aromatic heterocycles. The van der Waals surface area contributed by atoms with Gasteiger partial charge in [-0.05, 0) is 93.0 Å². The maximum atomic E-state index is 2.44. The predicted octanol–water partition coefficient (Wildman–Crippen LogP) is 8.14. The fourth-order valence-corrected chi connectivity index (χ4v) is 7.59. The molecular weight excluding hydrogens is 364 g/mol. The molecule has 0 saturated heterocycles. The highest BCUT2D eigenvalue weighted by atomic mass is 32.1. The van der Waals surface area contributed by atoms with Crippen molar-refractivity contribution < 1.29 is 0 Å². The number of fused-ring (bicyclic) bond motifs is 4. The lowest BCUT2D eigenvalue weighted by molar-refractivity contribution is 0.625. The first-order valence-corrected chi connectivity index (χ1v) is 11.6. The van der Waals surface area contributed by atoms with Crippen LogP contribution < -0.4 is 0 Å². The maximum absolute atomic E-state index is 2.44. The van der Waals surface area contributed by atoms with Crippen molar-refractivity contribution in [3.8, 4) is 11.1 Å². The number of allylic oxidation sites excluding steroid dienone is 1. The largest absolute Gasteiger partial charge is 0.144 e. The Morgan fingerprint density at radius 3 is 1.93 bits per heavy atom. The minimum Gasteiger partial charge on any atom is -0.144 e. The van der Waals surface area contributed by atoms with Crippen LogP contribution >= 0.6 is 22.7 Å². The predicted molar refractivity (Wildman–Crippen MR) is 120 cm³/mol. The van der Waals surface area contributed by atoms with Gasteiger partial charge in [-0.2, -0.15) is 0 Å². The lowest BCUT2D eigenvalue weighted by atomic mass is 9.85. The molecule has 2 heteroatoms. The fraction of sp³-hybridized carbons (Fsp3) is 0.360.